The summed E-state index contributed by atoms with van der Waals surface area (Å²) < 4.78 is 1.85. The molecule has 0 atom stereocenters. The Bertz CT molecular complexity index is 495. The van der Waals surface area contributed by atoms with E-state index in [0.717, 1.165) is 23.5 Å². The average Bonchev–Trinajstić information content (AvgIpc) is 2.73. The van der Waals surface area contributed by atoms with Crippen molar-refractivity contribution in [3.05, 3.63) is 28.7 Å². The molecule has 0 N–H and O–H groups in total. The van der Waals surface area contributed by atoms with E-state index in [0.29, 0.717) is 11.0 Å². The zero-order valence-corrected chi connectivity index (χ0v) is 10.3. The normalized spacial score (nSPS) is 10.8. The summed E-state index contributed by atoms with van der Waals surface area (Å²) in [6, 6.07) is 1.89. The van der Waals surface area contributed by atoms with Crippen molar-refractivity contribution >= 4 is 11.6 Å². The SMILES string of the molecule is CCn1nccc1-c1nc(C)c(C)c(Cl)n1. The maximum atomic E-state index is 6.05. The van der Waals surface area contributed by atoms with Gasteiger partial charge in [0.25, 0.3) is 0 Å². The highest BCUT2D eigenvalue weighted by Crippen LogP contribution is 2.21. The van der Waals surface area contributed by atoms with Crippen LogP contribution in [0.5, 0.6) is 0 Å². The van der Waals surface area contributed by atoms with E-state index in [-0.39, 0.29) is 0 Å². The minimum absolute atomic E-state index is 0.506. The Morgan fingerprint density at radius 1 is 1.31 bits per heavy atom. The Kier molecular flexibility index (Phi) is 2.92. The molecule has 0 aliphatic rings. The quantitative estimate of drug-likeness (QED) is 0.753. The molecule has 2 rings (SSSR count). The third-order valence-electron chi connectivity index (χ3n) is 2.57. The van der Waals surface area contributed by atoms with E-state index in [1.165, 1.54) is 0 Å². The van der Waals surface area contributed by atoms with Crippen molar-refractivity contribution in [3.8, 4) is 11.5 Å². The molecular weight excluding hydrogens is 224 g/mol. The molecule has 2 aromatic rings. The fourth-order valence-corrected chi connectivity index (χ4v) is 1.70. The van der Waals surface area contributed by atoms with Crippen molar-refractivity contribution < 1.29 is 0 Å². The smallest absolute Gasteiger partial charge is 0.179 e. The van der Waals surface area contributed by atoms with Gasteiger partial charge < -0.3 is 0 Å². The number of aryl methyl sites for hydroxylation is 2. The van der Waals surface area contributed by atoms with Crippen molar-refractivity contribution in [3.63, 3.8) is 0 Å². The average molecular weight is 237 g/mol. The summed E-state index contributed by atoms with van der Waals surface area (Å²) in [7, 11) is 0. The highest BCUT2D eigenvalue weighted by Gasteiger charge is 2.11. The van der Waals surface area contributed by atoms with Crippen LogP contribution < -0.4 is 0 Å². The van der Waals surface area contributed by atoms with Gasteiger partial charge in [0.15, 0.2) is 5.82 Å². The molecule has 0 aromatic carbocycles. The van der Waals surface area contributed by atoms with E-state index >= 15 is 0 Å². The Morgan fingerprint density at radius 3 is 2.69 bits per heavy atom. The van der Waals surface area contributed by atoms with E-state index < -0.39 is 0 Å². The van der Waals surface area contributed by atoms with Gasteiger partial charge in [-0.05, 0) is 26.8 Å². The highest BCUT2D eigenvalue weighted by molar-refractivity contribution is 6.30. The molecular formula is C11H13ClN4. The van der Waals surface area contributed by atoms with Crippen molar-refractivity contribution in [1.82, 2.24) is 19.7 Å². The first-order valence-corrected chi connectivity index (χ1v) is 5.54. The van der Waals surface area contributed by atoms with Gasteiger partial charge in [-0.2, -0.15) is 5.10 Å². The Hall–Kier alpha value is -1.42. The summed E-state index contributed by atoms with van der Waals surface area (Å²) >= 11 is 6.05. The van der Waals surface area contributed by atoms with Gasteiger partial charge in [-0.1, -0.05) is 11.6 Å². The van der Waals surface area contributed by atoms with Crippen LogP contribution in [0.4, 0.5) is 0 Å². The van der Waals surface area contributed by atoms with Gasteiger partial charge in [0.05, 0.1) is 0 Å². The van der Waals surface area contributed by atoms with Gasteiger partial charge in [-0.25, -0.2) is 9.97 Å². The van der Waals surface area contributed by atoms with Crippen LogP contribution in [0.25, 0.3) is 11.5 Å². The first-order valence-electron chi connectivity index (χ1n) is 5.16. The van der Waals surface area contributed by atoms with Crippen molar-refractivity contribution in [2.45, 2.75) is 27.3 Å². The highest BCUT2D eigenvalue weighted by atomic mass is 35.5. The predicted molar refractivity (Wildman–Crippen MR) is 63.4 cm³/mol. The van der Waals surface area contributed by atoms with E-state index in [1.54, 1.807) is 6.20 Å². The first kappa shape index (κ1) is 11.1. The summed E-state index contributed by atoms with van der Waals surface area (Å²) in [6.07, 6.45) is 1.74. The van der Waals surface area contributed by atoms with Gasteiger partial charge in [0.1, 0.15) is 10.8 Å². The van der Waals surface area contributed by atoms with Gasteiger partial charge in [-0.3, -0.25) is 4.68 Å². The number of rotatable bonds is 2. The largest absolute Gasteiger partial charge is 0.262 e. The van der Waals surface area contributed by atoms with Crippen LogP contribution in [0.3, 0.4) is 0 Å². The van der Waals surface area contributed by atoms with Gasteiger partial charge in [0.2, 0.25) is 0 Å². The second kappa shape index (κ2) is 4.22. The van der Waals surface area contributed by atoms with Crippen LogP contribution in [0, 0.1) is 13.8 Å². The summed E-state index contributed by atoms with van der Waals surface area (Å²) in [6.45, 7) is 6.66. The van der Waals surface area contributed by atoms with Crippen molar-refractivity contribution in [1.29, 1.82) is 0 Å². The third-order valence-corrected chi connectivity index (χ3v) is 2.94. The van der Waals surface area contributed by atoms with Crippen LogP contribution in [0.2, 0.25) is 5.15 Å². The molecule has 0 bridgehead atoms. The van der Waals surface area contributed by atoms with Crippen LogP contribution in [0.1, 0.15) is 18.2 Å². The fraction of sp³-hybridized carbons (Fsp3) is 0.364. The second-order valence-electron chi connectivity index (χ2n) is 3.58. The van der Waals surface area contributed by atoms with Crippen LogP contribution in [-0.4, -0.2) is 19.7 Å². The number of aromatic nitrogens is 4. The molecule has 84 valence electrons. The molecule has 0 unspecified atom stereocenters. The molecule has 5 heteroatoms. The molecule has 0 spiro atoms. The third kappa shape index (κ3) is 1.80. The summed E-state index contributed by atoms with van der Waals surface area (Å²) in [5.74, 6) is 0.632. The van der Waals surface area contributed by atoms with Crippen molar-refractivity contribution in [2.75, 3.05) is 0 Å². The lowest BCUT2D eigenvalue weighted by Crippen LogP contribution is -2.03. The Labute approximate surface area is 99.3 Å². The van der Waals surface area contributed by atoms with Crippen LogP contribution in [0.15, 0.2) is 12.3 Å². The minimum atomic E-state index is 0.506. The summed E-state index contributed by atoms with van der Waals surface area (Å²) in [4.78, 5) is 8.71. The van der Waals surface area contributed by atoms with E-state index in [1.807, 2.05) is 31.5 Å². The zero-order valence-electron chi connectivity index (χ0n) is 9.53. The zero-order chi connectivity index (χ0) is 11.7. The van der Waals surface area contributed by atoms with E-state index in [4.69, 9.17) is 11.6 Å². The van der Waals surface area contributed by atoms with Gasteiger partial charge >= 0.3 is 0 Å². The number of hydrogen-bond donors (Lipinski definition) is 0. The molecule has 16 heavy (non-hydrogen) atoms. The molecule has 0 saturated carbocycles. The lowest BCUT2D eigenvalue weighted by Gasteiger charge is -2.07. The number of hydrogen-bond acceptors (Lipinski definition) is 3. The maximum Gasteiger partial charge on any atom is 0.179 e. The van der Waals surface area contributed by atoms with E-state index in [2.05, 4.69) is 15.1 Å². The number of halogens is 1. The summed E-state index contributed by atoms with van der Waals surface area (Å²) in [5, 5.41) is 4.69. The fourth-order valence-electron chi connectivity index (χ4n) is 1.48. The van der Waals surface area contributed by atoms with Crippen LogP contribution in [-0.2, 0) is 6.54 Å². The molecule has 0 aliphatic heterocycles. The Balaban J connectivity index is 2.57. The topological polar surface area (TPSA) is 43.6 Å². The minimum Gasteiger partial charge on any atom is -0.262 e. The molecule has 4 nitrogen and oxygen atoms in total. The van der Waals surface area contributed by atoms with E-state index in [9.17, 15) is 0 Å². The van der Waals surface area contributed by atoms with Gasteiger partial charge in [-0.15, -0.1) is 0 Å². The molecule has 0 aliphatic carbocycles. The van der Waals surface area contributed by atoms with Crippen molar-refractivity contribution in [2.24, 2.45) is 0 Å². The predicted octanol–water partition coefficient (Wildman–Crippen LogP) is 2.63. The molecule has 0 fully saturated rings. The first-order chi connectivity index (χ1) is 7.63. The second-order valence-corrected chi connectivity index (χ2v) is 3.94. The van der Waals surface area contributed by atoms with Crippen LogP contribution >= 0.6 is 11.6 Å². The number of nitrogens with zero attached hydrogens (tertiary/aromatic N) is 4. The lowest BCUT2D eigenvalue weighted by molar-refractivity contribution is 0.663. The summed E-state index contributed by atoms with van der Waals surface area (Å²) in [5.41, 5.74) is 2.72. The monoisotopic (exact) mass is 236 g/mol. The standard InChI is InChI=1S/C11H13ClN4/c1-4-16-9(5-6-13-16)11-14-8(3)7(2)10(12)15-11/h5-6H,4H2,1-3H3. The molecule has 0 saturated heterocycles. The molecule has 2 heterocycles. The maximum absolute atomic E-state index is 6.05. The molecule has 0 radical (unpaired) electrons. The molecule has 2 aromatic heterocycles. The Morgan fingerprint density at radius 2 is 2.06 bits per heavy atom. The van der Waals surface area contributed by atoms with Gasteiger partial charge in [0, 0.05) is 24.0 Å². The lowest BCUT2D eigenvalue weighted by atomic mass is 10.2. The molecule has 0 amide bonds.